The Hall–Kier alpha value is -0.0000000000000000555. The Kier molecular flexibility index (Phi) is 3.90. The van der Waals surface area contributed by atoms with Crippen LogP contribution in [0.15, 0.2) is 10.7 Å². The topological polar surface area (TPSA) is 43.8 Å². The molecule has 0 aliphatic carbocycles. The van der Waals surface area contributed by atoms with E-state index in [1.54, 1.807) is 0 Å². The summed E-state index contributed by atoms with van der Waals surface area (Å²) in [5.74, 6) is 1.22. The van der Waals surface area contributed by atoms with Crippen molar-refractivity contribution in [3.8, 4) is 0 Å². The molecule has 0 aromatic carbocycles. The molecule has 0 bridgehead atoms. The number of rotatable bonds is 3. The van der Waals surface area contributed by atoms with Gasteiger partial charge < -0.3 is 5.73 Å². The molecule has 2 N–H and O–H groups in total. The van der Waals surface area contributed by atoms with Crippen molar-refractivity contribution in [3.05, 3.63) is 16.4 Å². The van der Waals surface area contributed by atoms with Crippen LogP contribution in [0.2, 0.25) is 0 Å². The van der Waals surface area contributed by atoms with E-state index in [0.29, 0.717) is 6.04 Å². The Morgan fingerprint density at radius 2 is 2.29 bits per heavy atom. The lowest BCUT2D eigenvalue weighted by Crippen LogP contribution is -2.35. The molecule has 3 nitrogen and oxygen atoms in total. The lowest BCUT2D eigenvalue weighted by molar-refractivity contribution is 0.432. The molecular formula is C12H20BrN3S. The van der Waals surface area contributed by atoms with Crippen molar-refractivity contribution >= 4 is 27.7 Å². The van der Waals surface area contributed by atoms with Crippen LogP contribution in [0, 0.1) is 0 Å². The third-order valence-electron chi connectivity index (χ3n) is 3.48. The minimum Gasteiger partial charge on any atom is -0.321 e. The van der Waals surface area contributed by atoms with Gasteiger partial charge in [-0.05, 0) is 55.3 Å². The monoisotopic (exact) mass is 317 g/mol. The van der Waals surface area contributed by atoms with Crippen molar-refractivity contribution in [1.82, 2.24) is 9.78 Å². The van der Waals surface area contributed by atoms with Crippen molar-refractivity contribution in [2.24, 2.45) is 5.73 Å². The minimum atomic E-state index is 0.0364. The molecule has 0 saturated carbocycles. The average molecular weight is 318 g/mol. The zero-order chi connectivity index (χ0) is 12.6. The number of aromatic nitrogens is 2. The van der Waals surface area contributed by atoms with Gasteiger partial charge in [-0.2, -0.15) is 16.9 Å². The van der Waals surface area contributed by atoms with Crippen LogP contribution in [0.5, 0.6) is 0 Å². The maximum absolute atomic E-state index is 6.51. The zero-order valence-electron chi connectivity index (χ0n) is 10.6. The molecule has 0 amide bonds. The maximum atomic E-state index is 6.51. The molecule has 1 fully saturated rings. The molecule has 1 aliphatic heterocycles. The molecule has 2 rings (SSSR count). The molecule has 0 spiro atoms. The molecule has 96 valence electrons. The first kappa shape index (κ1) is 13.4. The zero-order valence-corrected chi connectivity index (χ0v) is 13.0. The number of hydrogen-bond donors (Lipinski definition) is 1. The second-order valence-electron chi connectivity index (χ2n) is 5.16. The fourth-order valence-corrected chi connectivity index (χ4v) is 4.24. The highest BCUT2D eigenvalue weighted by molar-refractivity contribution is 9.10. The van der Waals surface area contributed by atoms with Gasteiger partial charge in [-0.1, -0.05) is 0 Å². The first-order valence-corrected chi connectivity index (χ1v) is 7.86. The summed E-state index contributed by atoms with van der Waals surface area (Å²) in [5, 5.41) is 4.42. The van der Waals surface area contributed by atoms with E-state index in [1.807, 2.05) is 22.6 Å². The molecule has 2 heterocycles. The summed E-state index contributed by atoms with van der Waals surface area (Å²) in [4.78, 5) is 0. The van der Waals surface area contributed by atoms with Crippen LogP contribution < -0.4 is 5.73 Å². The molecule has 1 aliphatic rings. The quantitative estimate of drug-likeness (QED) is 0.927. The van der Waals surface area contributed by atoms with Crippen LogP contribution in [0.3, 0.4) is 0 Å². The van der Waals surface area contributed by atoms with Gasteiger partial charge in [-0.25, -0.2) is 0 Å². The van der Waals surface area contributed by atoms with E-state index in [9.17, 15) is 0 Å². The second kappa shape index (κ2) is 4.94. The van der Waals surface area contributed by atoms with Crippen LogP contribution in [0.4, 0.5) is 0 Å². The van der Waals surface area contributed by atoms with Crippen molar-refractivity contribution in [3.63, 3.8) is 0 Å². The van der Waals surface area contributed by atoms with E-state index in [2.05, 4.69) is 41.8 Å². The summed E-state index contributed by atoms with van der Waals surface area (Å²) < 4.78 is 3.22. The Labute approximate surface area is 116 Å². The summed E-state index contributed by atoms with van der Waals surface area (Å²) in [6.45, 7) is 6.55. The number of thioether (sulfide) groups is 1. The Morgan fingerprint density at radius 1 is 1.59 bits per heavy atom. The van der Waals surface area contributed by atoms with E-state index in [1.165, 1.54) is 18.6 Å². The fourth-order valence-electron chi connectivity index (χ4n) is 2.39. The summed E-state index contributed by atoms with van der Waals surface area (Å²) >= 11 is 5.58. The van der Waals surface area contributed by atoms with Gasteiger partial charge in [-0.15, -0.1) is 0 Å². The van der Waals surface area contributed by atoms with Gasteiger partial charge in [0.05, 0.1) is 22.4 Å². The van der Waals surface area contributed by atoms with E-state index in [-0.39, 0.29) is 10.8 Å². The summed E-state index contributed by atoms with van der Waals surface area (Å²) in [6, 6.07) is 0.381. The van der Waals surface area contributed by atoms with Crippen LogP contribution in [0.25, 0.3) is 0 Å². The van der Waals surface area contributed by atoms with Crippen molar-refractivity contribution < 1.29 is 0 Å². The van der Waals surface area contributed by atoms with Crippen LogP contribution >= 0.6 is 27.7 Å². The average Bonchev–Trinajstić information content (AvgIpc) is 2.85. The summed E-state index contributed by atoms with van der Waals surface area (Å²) in [6.07, 6.45) is 4.31. The third kappa shape index (κ3) is 2.42. The first-order chi connectivity index (χ1) is 7.96. The lowest BCUT2D eigenvalue weighted by atomic mass is 9.94. The van der Waals surface area contributed by atoms with Gasteiger partial charge in [0.2, 0.25) is 0 Å². The van der Waals surface area contributed by atoms with Gasteiger partial charge in [-0.3, -0.25) is 4.68 Å². The van der Waals surface area contributed by atoms with Gasteiger partial charge in [0.15, 0.2) is 0 Å². The summed E-state index contributed by atoms with van der Waals surface area (Å²) in [7, 11) is 0. The Morgan fingerprint density at radius 3 is 2.82 bits per heavy atom. The van der Waals surface area contributed by atoms with Crippen LogP contribution in [-0.2, 0) is 0 Å². The number of nitrogens with zero attached hydrogens (tertiary/aromatic N) is 2. The second-order valence-corrected chi connectivity index (χ2v) is 7.64. The van der Waals surface area contributed by atoms with E-state index in [4.69, 9.17) is 5.73 Å². The molecule has 17 heavy (non-hydrogen) atoms. The Balaban J connectivity index is 2.36. The standard InChI is InChI=1S/C12H20BrN3S/c1-8(2)16-10(9(13)7-15-16)11(14)12(3)5-4-6-17-12/h7-8,11H,4-6,14H2,1-3H3. The minimum absolute atomic E-state index is 0.0364. The van der Waals surface area contributed by atoms with Gasteiger partial charge in [0, 0.05) is 10.8 Å². The summed E-state index contributed by atoms with van der Waals surface area (Å²) in [5.41, 5.74) is 7.64. The number of nitrogens with two attached hydrogens (primary N) is 1. The molecule has 2 atom stereocenters. The number of hydrogen-bond acceptors (Lipinski definition) is 3. The van der Waals surface area contributed by atoms with Gasteiger partial charge in [0.1, 0.15) is 0 Å². The largest absolute Gasteiger partial charge is 0.321 e. The highest BCUT2D eigenvalue weighted by Crippen LogP contribution is 2.46. The van der Waals surface area contributed by atoms with Crippen molar-refractivity contribution in [2.75, 3.05) is 5.75 Å². The highest BCUT2D eigenvalue weighted by Gasteiger charge is 2.39. The molecule has 0 radical (unpaired) electrons. The molecular weight excluding hydrogens is 298 g/mol. The first-order valence-electron chi connectivity index (χ1n) is 6.08. The van der Waals surface area contributed by atoms with Gasteiger partial charge in [0.25, 0.3) is 0 Å². The molecule has 1 saturated heterocycles. The molecule has 1 aromatic rings. The van der Waals surface area contributed by atoms with E-state index in [0.717, 1.165) is 10.2 Å². The molecule has 2 unspecified atom stereocenters. The number of halogens is 1. The highest BCUT2D eigenvalue weighted by atomic mass is 79.9. The van der Waals surface area contributed by atoms with E-state index < -0.39 is 0 Å². The predicted molar refractivity (Wildman–Crippen MR) is 77.3 cm³/mol. The van der Waals surface area contributed by atoms with Gasteiger partial charge >= 0.3 is 0 Å². The smallest absolute Gasteiger partial charge is 0.0710 e. The van der Waals surface area contributed by atoms with Crippen LogP contribution in [-0.4, -0.2) is 20.3 Å². The van der Waals surface area contributed by atoms with E-state index >= 15 is 0 Å². The predicted octanol–water partition coefficient (Wildman–Crippen LogP) is 3.51. The van der Waals surface area contributed by atoms with Crippen LogP contribution in [0.1, 0.15) is 51.4 Å². The fraction of sp³-hybridized carbons (Fsp3) is 0.750. The normalized spacial score (nSPS) is 26.7. The maximum Gasteiger partial charge on any atom is 0.0710 e. The van der Waals surface area contributed by atoms with Crippen molar-refractivity contribution in [2.45, 2.75) is 50.4 Å². The SMILES string of the molecule is CC(C)n1ncc(Br)c1C(N)C1(C)CCCS1. The lowest BCUT2D eigenvalue weighted by Gasteiger charge is -2.31. The third-order valence-corrected chi connectivity index (χ3v) is 5.70. The van der Waals surface area contributed by atoms with Crippen molar-refractivity contribution in [1.29, 1.82) is 0 Å². The Bertz CT molecular complexity index is 396. The molecule has 5 heteroatoms. The molecule has 1 aromatic heterocycles.